The van der Waals surface area contributed by atoms with Gasteiger partial charge in [-0.2, -0.15) is 5.10 Å². The van der Waals surface area contributed by atoms with E-state index < -0.39 is 5.82 Å². The first-order chi connectivity index (χ1) is 19.0. The molecule has 206 valence electrons. The molecule has 0 unspecified atom stereocenters. The molecule has 0 saturated heterocycles. The molecule has 1 saturated carbocycles. The number of halogens is 1. The van der Waals surface area contributed by atoms with Crippen LogP contribution in [0.2, 0.25) is 0 Å². The Kier molecular flexibility index (Phi) is 8.00. The predicted octanol–water partition coefficient (Wildman–Crippen LogP) is 7.29. The van der Waals surface area contributed by atoms with Gasteiger partial charge in [-0.3, -0.25) is 9.48 Å². The molecule has 0 aliphatic heterocycles. The highest BCUT2D eigenvalue weighted by molar-refractivity contribution is 5.84. The minimum atomic E-state index is -0.493. The van der Waals surface area contributed by atoms with Crippen molar-refractivity contribution in [3.05, 3.63) is 59.8 Å². The van der Waals surface area contributed by atoms with Crippen molar-refractivity contribution in [3.63, 3.8) is 0 Å². The van der Waals surface area contributed by atoms with Crippen molar-refractivity contribution in [1.29, 1.82) is 0 Å². The van der Waals surface area contributed by atoms with Crippen molar-refractivity contribution < 1.29 is 13.9 Å². The number of hydrogen-bond donors (Lipinski definition) is 0. The molecule has 1 aliphatic rings. The van der Waals surface area contributed by atoms with E-state index in [4.69, 9.17) is 9.72 Å². The molecule has 7 nitrogen and oxygen atoms in total. The lowest BCUT2D eigenvalue weighted by molar-refractivity contribution is -0.108. The minimum absolute atomic E-state index is 0.155. The summed E-state index contributed by atoms with van der Waals surface area (Å²) in [6, 6.07) is 11.1. The number of carbonyl (C=O) groups excluding carboxylic acids is 1. The van der Waals surface area contributed by atoms with Crippen LogP contribution in [0.1, 0.15) is 81.8 Å². The average molecular weight is 532 g/mol. The standard InChI is InChI=1S/C31H38FN5O2/c1-5-6-12-28(36(20-38)24-14-16-29(39-4)25(32)18-24)31-34-26-17-22(30-21(2)19-33-35(30)3)13-15-27(26)37(31)23-10-8-7-9-11-23/h13-20,23,28H,5-12H2,1-4H3/t28-/m0/s1. The number of methoxy groups -OCH3 is 1. The quantitative estimate of drug-likeness (QED) is 0.202. The van der Waals surface area contributed by atoms with Gasteiger partial charge in [-0.05, 0) is 56.0 Å². The molecule has 4 aromatic rings. The maximum atomic E-state index is 14.8. The number of fused-ring (bicyclic) bond motifs is 1. The second-order valence-electron chi connectivity index (χ2n) is 10.6. The van der Waals surface area contributed by atoms with Crippen LogP contribution in [0.4, 0.5) is 10.1 Å². The molecule has 1 amide bonds. The smallest absolute Gasteiger partial charge is 0.214 e. The molecule has 2 heterocycles. The van der Waals surface area contributed by atoms with Crippen LogP contribution in [-0.4, -0.2) is 32.9 Å². The summed E-state index contributed by atoms with van der Waals surface area (Å²) < 4.78 is 24.1. The van der Waals surface area contributed by atoms with Crippen LogP contribution in [0.3, 0.4) is 0 Å². The van der Waals surface area contributed by atoms with Gasteiger partial charge in [0.15, 0.2) is 11.6 Å². The van der Waals surface area contributed by atoms with E-state index in [9.17, 15) is 9.18 Å². The van der Waals surface area contributed by atoms with Crippen molar-refractivity contribution in [2.24, 2.45) is 7.05 Å². The summed E-state index contributed by atoms with van der Waals surface area (Å²) in [5, 5.41) is 4.42. The molecule has 8 heteroatoms. The number of ether oxygens (including phenoxy) is 1. The number of aryl methyl sites for hydroxylation is 2. The number of amides is 1. The zero-order chi connectivity index (χ0) is 27.5. The van der Waals surface area contributed by atoms with Gasteiger partial charge in [0.05, 0.1) is 36.1 Å². The van der Waals surface area contributed by atoms with Crippen LogP contribution in [0.5, 0.6) is 5.75 Å². The van der Waals surface area contributed by atoms with E-state index >= 15 is 0 Å². The van der Waals surface area contributed by atoms with Gasteiger partial charge in [-0.1, -0.05) is 45.1 Å². The number of benzene rings is 2. The summed E-state index contributed by atoms with van der Waals surface area (Å²) in [6.45, 7) is 4.21. The number of nitrogens with zero attached hydrogens (tertiary/aromatic N) is 5. The highest BCUT2D eigenvalue weighted by Gasteiger charge is 2.30. The van der Waals surface area contributed by atoms with Crippen LogP contribution in [0.15, 0.2) is 42.6 Å². The summed E-state index contributed by atoms with van der Waals surface area (Å²) in [6.07, 6.45) is 11.1. The SMILES string of the molecule is CCCC[C@@H](c1nc2cc(-c3c(C)cnn3C)ccc2n1C1CCCCC1)N(C=O)c1ccc(OC)c(F)c1. The summed E-state index contributed by atoms with van der Waals surface area (Å²) >= 11 is 0. The molecule has 5 rings (SSSR count). The molecule has 39 heavy (non-hydrogen) atoms. The van der Waals surface area contributed by atoms with Crippen molar-refractivity contribution in [2.75, 3.05) is 12.0 Å². The third kappa shape index (κ3) is 5.16. The average Bonchev–Trinajstić information content (AvgIpc) is 3.49. The third-order valence-electron chi connectivity index (χ3n) is 8.06. The van der Waals surface area contributed by atoms with Crippen LogP contribution in [0.25, 0.3) is 22.3 Å². The molecular formula is C31H38FN5O2. The number of hydrogen-bond acceptors (Lipinski definition) is 4. The summed E-state index contributed by atoms with van der Waals surface area (Å²) in [4.78, 5) is 19.5. The molecular weight excluding hydrogens is 493 g/mol. The lowest BCUT2D eigenvalue weighted by Gasteiger charge is -2.32. The van der Waals surface area contributed by atoms with Crippen LogP contribution in [0, 0.1) is 12.7 Å². The monoisotopic (exact) mass is 531 g/mol. The Bertz CT molecular complexity index is 1430. The molecule has 0 bridgehead atoms. The van der Waals surface area contributed by atoms with Gasteiger partial charge in [0.25, 0.3) is 0 Å². The second kappa shape index (κ2) is 11.6. The van der Waals surface area contributed by atoms with Gasteiger partial charge < -0.3 is 14.2 Å². The van der Waals surface area contributed by atoms with E-state index in [2.05, 4.69) is 41.7 Å². The second-order valence-corrected chi connectivity index (χ2v) is 10.6. The van der Waals surface area contributed by atoms with Crippen molar-refractivity contribution in [2.45, 2.75) is 77.3 Å². The van der Waals surface area contributed by atoms with E-state index in [1.165, 1.54) is 32.4 Å². The first-order valence-electron chi connectivity index (χ1n) is 14.0. The summed E-state index contributed by atoms with van der Waals surface area (Å²) in [7, 11) is 3.39. The van der Waals surface area contributed by atoms with Gasteiger partial charge in [-0.25, -0.2) is 9.37 Å². The number of aromatic nitrogens is 4. The van der Waals surface area contributed by atoms with Gasteiger partial charge in [0, 0.05) is 30.4 Å². The Balaban J connectivity index is 1.68. The fourth-order valence-electron chi connectivity index (χ4n) is 6.10. The van der Waals surface area contributed by atoms with Gasteiger partial charge in [0.1, 0.15) is 5.82 Å². The Hall–Kier alpha value is -3.68. The van der Waals surface area contributed by atoms with E-state index in [-0.39, 0.29) is 11.8 Å². The number of carbonyl (C=O) groups is 1. The first kappa shape index (κ1) is 26.9. The molecule has 1 fully saturated rings. The fourth-order valence-corrected chi connectivity index (χ4v) is 6.10. The van der Waals surface area contributed by atoms with E-state index in [0.29, 0.717) is 11.7 Å². The number of unbranched alkanes of at least 4 members (excludes halogenated alkanes) is 1. The van der Waals surface area contributed by atoms with Crippen LogP contribution < -0.4 is 9.64 Å². The predicted molar refractivity (Wildman–Crippen MR) is 153 cm³/mol. The molecule has 0 N–H and O–H groups in total. The van der Waals surface area contributed by atoms with E-state index in [1.807, 2.05) is 17.9 Å². The third-order valence-corrected chi connectivity index (χ3v) is 8.06. The first-order valence-corrected chi connectivity index (χ1v) is 14.0. The summed E-state index contributed by atoms with van der Waals surface area (Å²) in [5.41, 5.74) is 5.72. The maximum Gasteiger partial charge on any atom is 0.214 e. The molecule has 0 spiro atoms. The zero-order valence-corrected chi connectivity index (χ0v) is 23.4. The Morgan fingerprint density at radius 3 is 2.62 bits per heavy atom. The molecule has 1 aliphatic carbocycles. The van der Waals surface area contributed by atoms with Crippen molar-refractivity contribution >= 4 is 23.1 Å². The Morgan fingerprint density at radius 2 is 1.97 bits per heavy atom. The maximum absolute atomic E-state index is 14.8. The molecule has 2 aromatic heterocycles. The number of imidazole rings is 1. The number of rotatable bonds is 10. The van der Waals surface area contributed by atoms with Gasteiger partial charge >= 0.3 is 0 Å². The highest BCUT2D eigenvalue weighted by atomic mass is 19.1. The van der Waals surface area contributed by atoms with Gasteiger partial charge in [0.2, 0.25) is 6.41 Å². The van der Waals surface area contributed by atoms with Crippen LogP contribution in [-0.2, 0) is 11.8 Å². The lowest BCUT2D eigenvalue weighted by Crippen LogP contribution is -2.31. The molecule has 1 atom stereocenters. The van der Waals surface area contributed by atoms with Crippen molar-refractivity contribution in [3.8, 4) is 17.0 Å². The van der Waals surface area contributed by atoms with E-state index in [1.54, 1.807) is 17.0 Å². The Morgan fingerprint density at radius 1 is 1.18 bits per heavy atom. The normalized spacial score (nSPS) is 15.0. The van der Waals surface area contributed by atoms with E-state index in [0.717, 1.165) is 72.2 Å². The zero-order valence-electron chi connectivity index (χ0n) is 23.4. The number of anilines is 1. The lowest BCUT2D eigenvalue weighted by atomic mass is 9.94. The van der Waals surface area contributed by atoms with Crippen molar-refractivity contribution in [1.82, 2.24) is 19.3 Å². The summed E-state index contributed by atoms with van der Waals surface area (Å²) in [5.74, 6) is 0.530. The topological polar surface area (TPSA) is 65.2 Å². The highest BCUT2D eigenvalue weighted by Crippen LogP contribution is 2.39. The molecule has 0 radical (unpaired) electrons. The largest absolute Gasteiger partial charge is 0.494 e. The fraction of sp³-hybridized carbons (Fsp3) is 0.452. The van der Waals surface area contributed by atoms with Crippen LogP contribution >= 0.6 is 0 Å². The molecule has 2 aromatic carbocycles. The van der Waals surface area contributed by atoms with Gasteiger partial charge in [-0.15, -0.1) is 0 Å². The minimum Gasteiger partial charge on any atom is -0.494 e. The Labute approximate surface area is 229 Å².